The van der Waals surface area contributed by atoms with Gasteiger partial charge in [-0.3, -0.25) is 9.36 Å². The number of carbonyl (C=O) groups is 1. The fraction of sp³-hybridized carbons (Fsp3) is 0.167. The number of anilines is 1. The van der Waals surface area contributed by atoms with Crippen LogP contribution in [0.5, 0.6) is 0 Å². The van der Waals surface area contributed by atoms with E-state index in [1.807, 2.05) is 54.6 Å². The third-order valence-corrected chi connectivity index (χ3v) is 5.98. The largest absolute Gasteiger partial charge is 0.467 e. The van der Waals surface area contributed by atoms with Gasteiger partial charge in [-0.1, -0.05) is 42.5 Å². The Morgan fingerprint density at radius 1 is 0.966 bits per heavy atom. The predicted molar refractivity (Wildman–Crippen MR) is 111 cm³/mol. The first kappa shape index (κ1) is 16.4. The number of imidazole rings is 1. The Bertz CT molecular complexity index is 1250. The highest BCUT2D eigenvalue weighted by atomic mass is 16.3. The minimum atomic E-state index is -0.298. The highest BCUT2D eigenvalue weighted by molar-refractivity contribution is 6.00. The van der Waals surface area contributed by atoms with Crippen LogP contribution in [0.1, 0.15) is 36.1 Å². The first-order valence-electron chi connectivity index (χ1n) is 9.88. The molecule has 2 aromatic carbocycles. The molecule has 0 fully saturated rings. The van der Waals surface area contributed by atoms with E-state index in [0.29, 0.717) is 6.42 Å². The molecule has 142 valence electrons. The molecular weight excluding hydrogens is 362 g/mol. The van der Waals surface area contributed by atoms with Gasteiger partial charge >= 0.3 is 0 Å². The molecular formula is C24H19N3O2. The molecule has 0 amide bonds. The van der Waals surface area contributed by atoms with E-state index in [-0.39, 0.29) is 17.7 Å². The van der Waals surface area contributed by atoms with Gasteiger partial charge in [-0.15, -0.1) is 0 Å². The van der Waals surface area contributed by atoms with Crippen LogP contribution in [0.4, 0.5) is 5.95 Å². The topological polar surface area (TPSA) is 60.1 Å². The number of carbonyl (C=O) groups excluding carboxylic acids is 1. The average molecular weight is 381 g/mol. The van der Waals surface area contributed by atoms with E-state index in [0.717, 1.165) is 40.4 Å². The molecule has 0 radical (unpaired) electrons. The normalized spacial score (nSPS) is 21.0. The zero-order valence-electron chi connectivity index (χ0n) is 15.7. The summed E-state index contributed by atoms with van der Waals surface area (Å²) in [4.78, 5) is 18.2. The number of hydrogen-bond acceptors (Lipinski definition) is 4. The summed E-state index contributed by atoms with van der Waals surface area (Å²) in [6.07, 6.45) is 2.95. The first-order chi connectivity index (χ1) is 14.3. The number of rotatable bonds is 2. The van der Waals surface area contributed by atoms with Crippen molar-refractivity contribution in [2.24, 2.45) is 0 Å². The Morgan fingerprint density at radius 3 is 2.62 bits per heavy atom. The van der Waals surface area contributed by atoms with Crippen LogP contribution >= 0.6 is 0 Å². The van der Waals surface area contributed by atoms with Crippen LogP contribution in [-0.4, -0.2) is 15.3 Å². The lowest BCUT2D eigenvalue weighted by atomic mass is 9.78. The molecule has 1 aliphatic carbocycles. The van der Waals surface area contributed by atoms with Gasteiger partial charge in [-0.05, 0) is 42.2 Å². The van der Waals surface area contributed by atoms with E-state index < -0.39 is 0 Å². The van der Waals surface area contributed by atoms with E-state index in [2.05, 4.69) is 22.0 Å². The van der Waals surface area contributed by atoms with Gasteiger partial charge in [-0.2, -0.15) is 0 Å². The third-order valence-electron chi connectivity index (χ3n) is 5.98. The Hall–Kier alpha value is -3.60. The number of hydrogen-bond donors (Lipinski definition) is 1. The number of nitrogens with zero attached hydrogens (tertiary/aromatic N) is 2. The molecule has 1 N–H and O–H groups in total. The Balaban J connectivity index is 1.53. The van der Waals surface area contributed by atoms with E-state index >= 15 is 0 Å². The van der Waals surface area contributed by atoms with Crippen molar-refractivity contribution in [2.75, 3.05) is 5.32 Å². The number of fused-ring (bicyclic) bond motifs is 3. The van der Waals surface area contributed by atoms with E-state index in [1.54, 1.807) is 6.26 Å². The van der Waals surface area contributed by atoms with E-state index in [9.17, 15) is 4.79 Å². The number of aromatic nitrogens is 2. The molecule has 2 aliphatic rings. The van der Waals surface area contributed by atoms with Crippen molar-refractivity contribution in [1.82, 2.24) is 9.55 Å². The molecule has 0 bridgehead atoms. The van der Waals surface area contributed by atoms with Gasteiger partial charge in [-0.25, -0.2) is 4.98 Å². The molecule has 29 heavy (non-hydrogen) atoms. The minimum Gasteiger partial charge on any atom is -0.467 e. The van der Waals surface area contributed by atoms with Crippen LogP contribution in [0.3, 0.4) is 0 Å². The molecule has 4 aromatic rings. The fourth-order valence-corrected chi connectivity index (χ4v) is 4.70. The Morgan fingerprint density at radius 2 is 1.79 bits per heavy atom. The minimum absolute atomic E-state index is 0.164. The molecule has 2 atom stereocenters. The maximum absolute atomic E-state index is 13.4. The summed E-state index contributed by atoms with van der Waals surface area (Å²) in [6, 6.07) is 21.8. The summed E-state index contributed by atoms with van der Waals surface area (Å²) >= 11 is 0. The monoisotopic (exact) mass is 381 g/mol. The lowest BCUT2D eigenvalue weighted by Crippen LogP contribution is -2.32. The number of furan rings is 1. The van der Waals surface area contributed by atoms with Crippen LogP contribution in [0.15, 0.2) is 88.7 Å². The number of ketones is 1. The molecule has 2 aromatic heterocycles. The maximum Gasteiger partial charge on any atom is 0.209 e. The third kappa shape index (κ3) is 2.47. The van der Waals surface area contributed by atoms with Crippen LogP contribution in [0, 0.1) is 0 Å². The van der Waals surface area contributed by atoms with Gasteiger partial charge in [0.05, 0.1) is 17.3 Å². The first-order valence-corrected chi connectivity index (χ1v) is 9.88. The highest BCUT2D eigenvalue weighted by Gasteiger charge is 2.40. The quantitative estimate of drug-likeness (QED) is 0.528. The van der Waals surface area contributed by atoms with Crippen molar-refractivity contribution < 1.29 is 9.21 Å². The van der Waals surface area contributed by atoms with Crippen LogP contribution in [0.25, 0.3) is 11.0 Å². The second-order valence-corrected chi connectivity index (χ2v) is 7.67. The van der Waals surface area contributed by atoms with Crippen molar-refractivity contribution in [3.8, 4) is 0 Å². The number of benzene rings is 2. The molecule has 0 unspecified atom stereocenters. The van der Waals surface area contributed by atoms with E-state index in [1.165, 1.54) is 5.56 Å². The van der Waals surface area contributed by atoms with Gasteiger partial charge in [0.25, 0.3) is 0 Å². The number of para-hydroxylation sites is 2. The Kier molecular flexibility index (Phi) is 3.50. The molecule has 5 heteroatoms. The fourth-order valence-electron chi connectivity index (χ4n) is 4.70. The summed E-state index contributed by atoms with van der Waals surface area (Å²) in [7, 11) is 0. The summed E-state index contributed by atoms with van der Waals surface area (Å²) in [5.41, 5.74) is 4.84. The lowest BCUT2D eigenvalue weighted by molar-refractivity contribution is -0.116. The Labute approximate surface area is 167 Å². The van der Waals surface area contributed by atoms with Gasteiger partial charge in [0, 0.05) is 17.7 Å². The van der Waals surface area contributed by atoms with Crippen LogP contribution < -0.4 is 5.32 Å². The van der Waals surface area contributed by atoms with Crippen molar-refractivity contribution in [1.29, 1.82) is 0 Å². The maximum atomic E-state index is 13.4. The summed E-state index contributed by atoms with van der Waals surface area (Å²) in [6.45, 7) is 0. The number of allylic oxidation sites excluding steroid dienone is 2. The SMILES string of the molecule is O=C1C[C@@H](c2ccccc2)CC2=C1[C@H](c1ccco1)n1c(nc3ccccc31)N2. The van der Waals surface area contributed by atoms with Crippen LogP contribution in [0.2, 0.25) is 0 Å². The molecule has 1 aliphatic heterocycles. The molecule has 0 saturated carbocycles. The highest BCUT2D eigenvalue weighted by Crippen LogP contribution is 2.45. The lowest BCUT2D eigenvalue weighted by Gasteiger charge is -2.35. The smallest absolute Gasteiger partial charge is 0.209 e. The second-order valence-electron chi connectivity index (χ2n) is 7.67. The van der Waals surface area contributed by atoms with Crippen molar-refractivity contribution >= 4 is 22.8 Å². The van der Waals surface area contributed by atoms with Gasteiger partial charge in [0.2, 0.25) is 5.95 Å². The molecule has 5 nitrogen and oxygen atoms in total. The standard InChI is InChI=1S/C24H19N3O2/c28-20-14-16(15-7-2-1-3-8-15)13-18-22(20)23(21-11-6-12-29-21)27-19-10-5-4-9-17(19)25-24(27)26-18/h1-12,16,23H,13-14H2,(H,25,26)/t16-,23-/m0/s1. The predicted octanol–water partition coefficient (Wildman–Crippen LogP) is 5.05. The zero-order valence-corrected chi connectivity index (χ0v) is 15.7. The zero-order chi connectivity index (χ0) is 19.4. The van der Waals surface area contributed by atoms with Crippen molar-refractivity contribution in [2.45, 2.75) is 24.8 Å². The van der Waals surface area contributed by atoms with Crippen molar-refractivity contribution in [3.63, 3.8) is 0 Å². The molecule has 0 saturated heterocycles. The van der Waals surface area contributed by atoms with Gasteiger partial charge in [0.15, 0.2) is 5.78 Å². The van der Waals surface area contributed by atoms with Gasteiger partial charge < -0.3 is 9.73 Å². The second kappa shape index (κ2) is 6.21. The molecule has 0 spiro atoms. The molecule has 3 heterocycles. The number of Topliss-reactive ketones (excluding diaryl/α,β-unsaturated/α-hetero) is 1. The van der Waals surface area contributed by atoms with Crippen LogP contribution in [-0.2, 0) is 4.79 Å². The summed E-state index contributed by atoms with van der Waals surface area (Å²) < 4.78 is 7.89. The van der Waals surface area contributed by atoms with Gasteiger partial charge in [0.1, 0.15) is 11.8 Å². The average Bonchev–Trinajstić information content (AvgIpc) is 3.40. The van der Waals surface area contributed by atoms with E-state index in [4.69, 9.17) is 9.40 Å². The molecule has 6 rings (SSSR count). The summed E-state index contributed by atoms with van der Waals surface area (Å²) in [5, 5.41) is 3.48. The number of nitrogens with one attached hydrogen (secondary N) is 1. The summed E-state index contributed by atoms with van der Waals surface area (Å²) in [5.74, 6) is 1.85. The van der Waals surface area contributed by atoms with Crippen molar-refractivity contribution in [3.05, 3.63) is 95.6 Å².